The van der Waals surface area contributed by atoms with E-state index in [2.05, 4.69) is 0 Å². The molecule has 0 atom stereocenters. The highest BCUT2D eigenvalue weighted by molar-refractivity contribution is 7.99. The van der Waals surface area contributed by atoms with Gasteiger partial charge in [-0.2, -0.15) is 8.78 Å². The van der Waals surface area contributed by atoms with E-state index in [9.17, 15) is 18.0 Å². The number of carbonyl (C=O) groups is 1. The fourth-order valence-corrected chi connectivity index (χ4v) is 2.65. The highest BCUT2D eigenvalue weighted by Crippen LogP contribution is 2.25. The summed E-state index contributed by atoms with van der Waals surface area (Å²) in [6.07, 6.45) is 0. The van der Waals surface area contributed by atoms with E-state index in [1.165, 1.54) is 48.4 Å². The van der Waals surface area contributed by atoms with Crippen molar-refractivity contribution < 1.29 is 22.7 Å². The molecule has 0 radical (unpaired) electrons. The van der Waals surface area contributed by atoms with Gasteiger partial charge in [-0.1, -0.05) is 17.8 Å². The predicted octanol–water partition coefficient (Wildman–Crippen LogP) is 4.42. The van der Waals surface area contributed by atoms with Gasteiger partial charge in [0.1, 0.15) is 0 Å². The Bertz CT molecular complexity index is 707. The maximum Gasteiger partial charge on any atom is 0.288 e. The molecule has 2 aromatic rings. The van der Waals surface area contributed by atoms with Crippen molar-refractivity contribution in [2.75, 3.05) is 14.2 Å². The molecule has 1 amide bonds. The first-order valence-electron chi connectivity index (χ1n) is 7.03. The molecule has 0 bridgehead atoms. The van der Waals surface area contributed by atoms with Crippen molar-refractivity contribution in [3.8, 4) is 5.75 Å². The Morgan fingerprint density at radius 2 is 1.88 bits per heavy atom. The van der Waals surface area contributed by atoms with Crippen molar-refractivity contribution in [2.24, 2.45) is 0 Å². The third kappa shape index (κ3) is 4.67. The number of rotatable bonds is 6. The minimum atomic E-state index is -2.50. The molecule has 2 aromatic carbocycles. The van der Waals surface area contributed by atoms with E-state index in [1.54, 1.807) is 13.1 Å². The molecule has 2 rings (SSSR count). The van der Waals surface area contributed by atoms with Crippen LogP contribution in [0.1, 0.15) is 15.9 Å². The first-order chi connectivity index (χ1) is 11.4. The summed E-state index contributed by atoms with van der Waals surface area (Å²) in [5, 5.41) is 0. The van der Waals surface area contributed by atoms with E-state index in [1.807, 2.05) is 0 Å². The lowest BCUT2D eigenvalue weighted by molar-refractivity contribution is 0.0785. The van der Waals surface area contributed by atoms with Crippen LogP contribution < -0.4 is 4.74 Å². The molecule has 0 spiro atoms. The first-order valence-corrected chi connectivity index (χ1v) is 7.91. The fraction of sp³-hybridized carbons (Fsp3) is 0.235. The summed E-state index contributed by atoms with van der Waals surface area (Å²) < 4.78 is 43.1. The smallest absolute Gasteiger partial charge is 0.288 e. The second-order valence-electron chi connectivity index (χ2n) is 5.03. The van der Waals surface area contributed by atoms with E-state index in [4.69, 9.17) is 4.74 Å². The van der Waals surface area contributed by atoms with Crippen LogP contribution in [0.25, 0.3) is 0 Å². The van der Waals surface area contributed by atoms with Crippen LogP contribution in [0.2, 0.25) is 0 Å². The largest absolute Gasteiger partial charge is 0.494 e. The summed E-state index contributed by atoms with van der Waals surface area (Å²) >= 11 is 0.423. The number of thioether (sulfide) groups is 1. The Balaban J connectivity index is 2.05. The summed E-state index contributed by atoms with van der Waals surface area (Å²) in [6.45, 7) is 0.216. The summed E-state index contributed by atoms with van der Waals surface area (Å²) in [4.78, 5) is 14.2. The minimum Gasteiger partial charge on any atom is -0.494 e. The number of carbonyl (C=O) groups excluding carboxylic acids is 1. The van der Waals surface area contributed by atoms with Crippen LogP contribution in [0, 0.1) is 5.82 Å². The zero-order valence-corrected chi connectivity index (χ0v) is 13.9. The van der Waals surface area contributed by atoms with Gasteiger partial charge in [-0.25, -0.2) is 4.39 Å². The number of amides is 1. The molecular weight excluding hydrogens is 339 g/mol. The Kier molecular flexibility index (Phi) is 6.14. The maximum absolute atomic E-state index is 13.7. The summed E-state index contributed by atoms with van der Waals surface area (Å²) in [6, 6.07) is 10.4. The van der Waals surface area contributed by atoms with E-state index in [0.29, 0.717) is 27.8 Å². The highest BCUT2D eigenvalue weighted by Gasteiger charge is 2.14. The number of methoxy groups -OCH3 is 1. The SMILES string of the molecule is COc1ccc(CN(C)C(=O)c2ccc(SC(F)F)cc2)cc1F. The van der Waals surface area contributed by atoms with Crippen LogP contribution in [0.5, 0.6) is 5.75 Å². The number of benzene rings is 2. The van der Waals surface area contributed by atoms with Gasteiger partial charge >= 0.3 is 0 Å². The standard InChI is InChI=1S/C17H16F3NO2S/c1-21(10-11-3-8-15(23-2)14(18)9-11)16(22)12-4-6-13(7-5-12)24-17(19)20/h3-9,17H,10H2,1-2H3. The normalized spacial score (nSPS) is 10.8. The number of hydrogen-bond donors (Lipinski definition) is 0. The topological polar surface area (TPSA) is 29.5 Å². The maximum atomic E-state index is 13.7. The van der Waals surface area contributed by atoms with Crippen LogP contribution in [0.3, 0.4) is 0 Å². The van der Waals surface area contributed by atoms with Gasteiger partial charge in [-0.15, -0.1) is 0 Å². The zero-order valence-electron chi connectivity index (χ0n) is 13.1. The zero-order chi connectivity index (χ0) is 17.7. The third-order valence-electron chi connectivity index (χ3n) is 3.31. The molecule has 0 saturated heterocycles. The van der Waals surface area contributed by atoms with E-state index < -0.39 is 11.6 Å². The van der Waals surface area contributed by atoms with Gasteiger partial charge in [0.25, 0.3) is 11.7 Å². The van der Waals surface area contributed by atoms with Crippen LogP contribution in [0.4, 0.5) is 13.2 Å². The van der Waals surface area contributed by atoms with E-state index >= 15 is 0 Å². The molecular formula is C17H16F3NO2S. The van der Waals surface area contributed by atoms with Gasteiger partial charge in [-0.3, -0.25) is 4.79 Å². The molecule has 0 aliphatic rings. The van der Waals surface area contributed by atoms with Crippen molar-refractivity contribution in [1.29, 1.82) is 0 Å². The number of nitrogens with zero attached hydrogens (tertiary/aromatic N) is 1. The number of alkyl halides is 2. The highest BCUT2D eigenvalue weighted by atomic mass is 32.2. The van der Waals surface area contributed by atoms with Crippen LogP contribution in [-0.2, 0) is 6.54 Å². The lowest BCUT2D eigenvalue weighted by Gasteiger charge is -2.18. The van der Waals surface area contributed by atoms with Gasteiger partial charge in [0.2, 0.25) is 0 Å². The van der Waals surface area contributed by atoms with Gasteiger partial charge in [0.05, 0.1) is 7.11 Å². The quantitative estimate of drug-likeness (QED) is 0.719. The van der Waals surface area contributed by atoms with Crippen molar-refractivity contribution >= 4 is 17.7 Å². The molecule has 0 N–H and O–H groups in total. The van der Waals surface area contributed by atoms with Crippen LogP contribution in [-0.4, -0.2) is 30.7 Å². The Hall–Kier alpha value is -2.15. The molecule has 0 aliphatic heterocycles. The second-order valence-corrected chi connectivity index (χ2v) is 6.10. The Labute approximate surface area is 142 Å². The van der Waals surface area contributed by atoms with Gasteiger partial charge in [-0.05, 0) is 42.0 Å². The van der Waals surface area contributed by atoms with Crippen molar-refractivity contribution in [1.82, 2.24) is 4.90 Å². The molecule has 128 valence electrons. The molecule has 0 aliphatic carbocycles. The summed E-state index contributed by atoms with van der Waals surface area (Å²) in [7, 11) is 2.97. The van der Waals surface area contributed by atoms with E-state index in [-0.39, 0.29) is 18.2 Å². The molecule has 0 fully saturated rings. The van der Waals surface area contributed by atoms with Gasteiger partial charge in [0, 0.05) is 24.1 Å². The molecule has 3 nitrogen and oxygen atoms in total. The lowest BCUT2D eigenvalue weighted by Crippen LogP contribution is -2.26. The minimum absolute atomic E-state index is 0.139. The molecule has 0 heterocycles. The van der Waals surface area contributed by atoms with E-state index in [0.717, 1.165) is 0 Å². The number of hydrogen-bond acceptors (Lipinski definition) is 3. The average molecular weight is 355 g/mol. The third-order valence-corrected chi connectivity index (χ3v) is 4.03. The van der Waals surface area contributed by atoms with Gasteiger partial charge in [0.15, 0.2) is 11.6 Å². The first kappa shape index (κ1) is 18.2. The summed E-state index contributed by atoms with van der Waals surface area (Å²) in [5.74, 6) is -3.14. The van der Waals surface area contributed by atoms with Crippen molar-refractivity contribution in [2.45, 2.75) is 17.2 Å². The van der Waals surface area contributed by atoms with Crippen molar-refractivity contribution in [3.05, 3.63) is 59.4 Å². The lowest BCUT2D eigenvalue weighted by atomic mass is 10.1. The predicted molar refractivity (Wildman–Crippen MR) is 87.1 cm³/mol. The Morgan fingerprint density at radius 3 is 2.42 bits per heavy atom. The molecule has 7 heteroatoms. The average Bonchev–Trinajstić information content (AvgIpc) is 2.54. The molecule has 0 unspecified atom stereocenters. The van der Waals surface area contributed by atoms with Crippen molar-refractivity contribution in [3.63, 3.8) is 0 Å². The van der Waals surface area contributed by atoms with Crippen LogP contribution in [0.15, 0.2) is 47.4 Å². The monoisotopic (exact) mass is 355 g/mol. The summed E-state index contributed by atoms with van der Waals surface area (Å²) in [5.41, 5.74) is 0.999. The second kappa shape index (κ2) is 8.10. The molecule has 0 saturated carbocycles. The number of halogens is 3. The van der Waals surface area contributed by atoms with Gasteiger partial charge < -0.3 is 9.64 Å². The molecule has 24 heavy (non-hydrogen) atoms. The molecule has 0 aromatic heterocycles. The fourth-order valence-electron chi connectivity index (χ4n) is 2.15. The Morgan fingerprint density at radius 1 is 1.21 bits per heavy atom. The van der Waals surface area contributed by atoms with Crippen LogP contribution >= 0.6 is 11.8 Å². The number of ether oxygens (including phenoxy) is 1.